The fraction of sp³-hybridized carbons (Fsp3) is 0.579. The van der Waals surface area contributed by atoms with Crippen LogP contribution in [-0.4, -0.2) is 43.6 Å². The normalized spacial score (nSPS) is 23.0. The van der Waals surface area contributed by atoms with Crippen molar-refractivity contribution in [1.29, 1.82) is 0 Å². The number of nitrogens with one attached hydrogen (secondary N) is 1. The lowest BCUT2D eigenvalue weighted by atomic mass is 9.91. The summed E-state index contributed by atoms with van der Waals surface area (Å²) in [5, 5.41) is 7.44. The zero-order valence-corrected chi connectivity index (χ0v) is 15.3. The molecule has 2 aliphatic rings. The number of amides is 1. The van der Waals surface area contributed by atoms with Crippen LogP contribution < -0.4 is 5.56 Å². The van der Waals surface area contributed by atoms with E-state index in [0.717, 1.165) is 18.2 Å². The highest BCUT2D eigenvalue weighted by Gasteiger charge is 2.45. The molecule has 1 amide bonds. The molecular formula is C19H25N5O2. The van der Waals surface area contributed by atoms with Crippen LogP contribution in [0.2, 0.25) is 0 Å². The number of carbonyl (C=O) groups is 1. The van der Waals surface area contributed by atoms with Crippen molar-refractivity contribution in [2.24, 2.45) is 11.8 Å². The number of hydrogen-bond acceptors (Lipinski definition) is 4. The Labute approximate surface area is 152 Å². The Morgan fingerprint density at radius 3 is 2.77 bits per heavy atom. The second-order valence-corrected chi connectivity index (χ2v) is 7.81. The molecule has 2 fully saturated rings. The first-order valence-corrected chi connectivity index (χ1v) is 9.38. The van der Waals surface area contributed by atoms with Crippen LogP contribution in [0, 0.1) is 11.8 Å². The van der Waals surface area contributed by atoms with E-state index < -0.39 is 0 Å². The molecule has 4 rings (SSSR count). The van der Waals surface area contributed by atoms with Crippen molar-refractivity contribution >= 4 is 5.91 Å². The topological polar surface area (TPSA) is 83.9 Å². The first-order valence-electron chi connectivity index (χ1n) is 9.38. The summed E-state index contributed by atoms with van der Waals surface area (Å²) in [6.45, 7) is 5.64. The van der Waals surface area contributed by atoms with Gasteiger partial charge in [0.15, 0.2) is 5.82 Å². The molecule has 26 heavy (non-hydrogen) atoms. The summed E-state index contributed by atoms with van der Waals surface area (Å²) in [5.41, 5.74) is -0.146. The van der Waals surface area contributed by atoms with E-state index in [9.17, 15) is 9.59 Å². The lowest BCUT2D eigenvalue weighted by molar-refractivity contribution is -0.131. The van der Waals surface area contributed by atoms with Crippen molar-refractivity contribution < 1.29 is 4.79 Å². The lowest BCUT2D eigenvalue weighted by Crippen LogP contribution is -2.35. The van der Waals surface area contributed by atoms with Gasteiger partial charge in [-0.05, 0) is 30.7 Å². The number of carbonyl (C=O) groups excluding carboxylic acids is 1. The van der Waals surface area contributed by atoms with Crippen molar-refractivity contribution in [3.05, 3.63) is 46.4 Å². The van der Waals surface area contributed by atoms with Gasteiger partial charge in [0.25, 0.3) is 5.56 Å². The maximum Gasteiger partial charge on any atom is 0.250 e. The van der Waals surface area contributed by atoms with E-state index >= 15 is 0 Å². The SMILES string of the molecule is CC(C)c1n[nH]c([C@H]2CN(C(=O)Cn3ccccc3=O)C[C@@H]2C2CC2)n1. The smallest absolute Gasteiger partial charge is 0.250 e. The molecule has 3 heterocycles. The molecule has 1 saturated heterocycles. The van der Waals surface area contributed by atoms with Crippen molar-refractivity contribution in [2.45, 2.75) is 45.1 Å². The van der Waals surface area contributed by atoms with Crippen molar-refractivity contribution in [3.63, 3.8) is 0 Å². The summed E-state index contributed by atoms with van der Waals surface area (Å²) >= 11 is 0. The average Bonchev–Trinajstić information content (AvgIpc) is 3.17. The van der Waals surface area contributed by atoms with E-state index in [2.05, 4.69) is 29.0 Å². The van der Waals surface area contributed by atoms with Gasteiger partial charge >= 0.3 is 0 Å². The van der Waals surface area contributed by atoms with Gasteiger partial charge in [0.1, 0.15) is 12.4 Å². The minimum Gasteiger partial charge on any atom is -0.340 e. The van der Waals surface area contributed by atoms with Gasteiger partial charge in [-0.15, -0.1) is 0 Å². The van der Waals surface area contributed by atoms with Crippen LogP contribution in [0.25, 0.3) is 0 Å². The molecule has 2 atom stereocenters. The molecular weight excluding hydrogens is 330 g/mol. The number of nitrogens with zero attached hydrogens (tertiary/aromatic N) is 4. The summed E-state index contributed by atoms with van der Waals surface area (Å²) in [5.74, 6) is 3.31. The zero-order chi connectivity index (χ0) is 18.3. The molecule has 2 aromatic heterocycles. The molecule has 0 radical (unpaired) electrons. The van der Waals surface area contributed by atoms with Crippen molar-refractivity contribution in [3.8, 4) is 0 Å². The van der Waals surface area contributed by atoms with Crippen LogP contribution >= 0.6 is 0 Å². The standard InChI is InChI=1S/C19H25N5O2/c1-12(2)18-20-19(22-21-18)15-10-24(9-14(15)13-6-7-13)17(26)11-23-8-4-3-5-16(23)25/h3-5,8,12-15H,6-7,9-11H2,1-2H3,(H,20,21,22)/t14-,15+/m1/s1. The van der Waals surface area contributed by atoms with Gasteiger partial charge in [0, 0.05) is 37.2 Å². The van der Waals surface area contributed by atoms with Crippen LogP contribution in [0.1, 0.15) is 50.2 Å². The number of rotatable bonds is 5. The third-order valence-electron chi connectivity index (χ3n) is 5.54. The summed E-state index contributed by atoms with van der Waals surface area (Å²) < 4.78 is 1.47. The fourth-order valence-electron chi connectivity index (χ4n) is 3.87. The monoisotopic (exact) mass is 355 g/mol. The predicted molar refractivity (Wildman–Crippen MR) is 96.7 cm³/mol. The van der Waals surface area contributed by atoms with Crippen LogP contribution in [0.4, 0.5) is 0 Å². The summed E-state index contributed by atoms with van der Waals surface area (Å²) in [4.78, 5) is 31.2. The van der Waals surface area contributed by atoms with Crippen LogP contribution in [0.3, 0.4) is 0 Å². The highest BCUT2D eigenvalue weighted by Crippen LogP contribution is 2.47. The predicted octanol–water partition coefficient (Wildman–Crippen LogP) is 1.74. The average molecular weight is 355 g/mol. The van der Waals surface area contributed by atoms with E-state index in [0.29, 0.717) is 18.4 Å². The highest BCUT2D eigenvalue weighted by molar-refractivity contribution is 5.76. The Hall–Kier alpha value is -2.44. The van der Waals surface area contributed by atoms with Crippen LogP contribution in [-0.2, 0) is 11.3 Å². The number of H-pyrrole nitrogens is 1. The van der Waals surface area contributed by atoms with E-state index in [1.54, 1.807) is 18.3 Å². The summed E-state index contributed by atoms with van der Waals surface area (Å²) in [6, 6.07) is 4.94. The third kappa shape index (κ3) is 3.30. The minimum absolute atomic E-state index is 0.00458. The van der Waals surface area contributed by atoms with Gasteiger partial charge in [0.05, 0.1) is 0 Å². The molecule has 138 valence electrons. The Morgan fingerprint density at radius 1 is 1.31 bits per heavy atom. The van der Waals surface area contributed by atoms with Gasteiger partial charge in [-0.25, -0.2) is 4.98 Å². The molecule has 7 nitrogen and oxygen atoms in total. The van der Waals surface area contributed by atoms with Gasteiger partial charge in [-0.3, -0.25) is 14.7 Å². The zero-order valence-electron chi connectivity index (χ0n) is 15.3. The van der Waals surface area contributed by atoms with Crippen molar-refractivity contribution in [1.82, 2.24) is 24.6 Å². The summed E-state index contributed by atoms with van der Waals surface area (Å²) in [6.07, 6.45) is 4.12. The van der Waals surface area contributed by atoms with Crippen LogP contribution in [0.15, 0.2) is 29.2 Å². The summed E-state index contributed by atoms with van der Waals surface area (Å²) in [7, 11) is 0. The number of pyridine rings is 1. The number of aromatic nitrogens is 4. The number of hydrogen-bond donors (Lipinski definition) is 1. The molecule has 0 unspecified atom stereocenters. The number of likely N-dealkylation sites (tertiary alicyclic amines) is 1. The van der Waals surface area contributed by atoms with Gasteiger partial charge in [-0.1, -0.05) is 19.9 Å². The van der Waals surface area contributed by atoms with Crippen molar-refractivity contribution in [2.75, 3.05) is 13.1 Å². The molecule has 1 N–H and O–H groups in total. The van der Waals surface area contributed by atoms with E-state index in [-0.39, 0.29) is 29.8 Å². The molecule has 2 aromatic rings. The van der Waals surface area contributed by atoms with Gasteiger partial charge < -0.3 is 9.47 Å². The first-order chi connectivity index (χ1) is 12.5. The van der Waals surface area contributed by atoms with E-state index in [1.807, 2.05) is 4.90 Å². The largest absolute Gasteiger partial charge is 0.340 e. The Kier molecular flexibility index (Phi) is 4.38. The molecule has 0 bridgehead atoms. The first kappa shape index (κ1) is 17.0. The van der Waals surface area contributed by atoms with E-state index in [1.165, 1.54) is 23.5 Å². The fourth-order valence-corrected chi connectivity index (χ4v) is 3.87. The minimum atomic E-state index is -0.146. The van der Waals surface area contributed by atoms with Crippen LogP contribution in [0.5, 0.6) is 0 Å². The molecule has 1 aliphatic carbocycles. The Morgan fingerprint density at radius 2 is 2.12 bits per heavy atom. The lowest BCUT2D eigenvalue weighted by Gasteiger charge is -2.17. The van der Waals surface area contributed by atoms with E-state index in [4.69, 9.17) is 0 Å². The van der Waals surface area contributed by atoms with Gasteiger partial charge in [0.2, 0.25) is 5.91 Å². The molecule has 1 aliphatic heterocycles. The third-order valence-corrected chi connectivity index (χ3v) is 5.54. The molecule has 0 spiro atoms. The maximum absolute atomic E-state index is 12.8. The Balaban J connectivity index is 1.51. The number of aromatic amines is 1. The maximum atomic E-state index is 12.8. The quantitative estimate of drug-likeness (QED) is 0.885. The van der Waals surface area contributed by atoms with Gasteiger partial charge in [-0.2, -0.15) is 5.10 Å². The molecule has 0 aromatic carbocycles. The second kappa shape index (κ2) is 6.70. The highest BCUT2D eigenvalue weighted by atomic mass is 16.2. The molecule has 7 heteroatoms. The molecule has 1 saturated carbocycles. The Bertz CT molecular complexity index is 851. The second-order valence-electron chi connectivity index (χ2n) is 7.81.